The van der Waals surface area contributed by atoms with Crippen molar-refractivity contribution in [3.8, 4) is 5.69 Å². The normalized spacial score (nSPS) is 20.1. The minimum atomic E-state index is -3.67. The number of primary amides is 1. The maximum atomic E-state index is 12.9. The summed E-state index contributed by atoms with van der Waals surface area (Å²) in [4.78, 5) is 38.9. The van der Waals surface area contributed by atoms with E-state index in [-0.39, 0.29) is 23.3 Å². The lowest BCUT2D eigenvalue weighted by molar-refractivity contribution is -0.151. The number of esters is 1. The van der Waals surface area contributed by atoms with Crippen LogP contribution in [-0.4, -0.2) is 73.1 Å². The first kappa shape index (κ1) is 32.5. The van der Waals surface area contributed by atoms with E-state index in [1.807, 2.05) is 44.2 Å². The van der Waals surface area contributed by atoms with Gasteiger partial charge in [-0.1, -0.05) is 13.8 Å². The second kappa shape index (κ2) is 12.9. The standard InChI is InChI=1S/C29H39N3O4.CH4O3S/c1-18-16-32(24-14-29(2,3)15-25(33)27(18)24)21-8-11-23(28(30)35)20(13-21)12-19-6-9-22(10-7-19)36-26(34)17-31(4)5;1-5(2,3)4/h8,11,13,16,19,22H,6-7,9-10,12,14-15,17H2,1-5H3,(H2,30,35);1H3,(H,2,3,4). The molecular formula is C30H43N3O7S. The Labute approximate surface area is 243 Å². The van der Waals surface area contributed by atoms with Gasteiger partial charge in [-0.3, -0.25) is 23.8 Å². The highest BCUT2D eigenvalue weighted by Gasteiger charge is 2.35. The van der Waals surface area contributed by atoms with Crippen LogP contribution in [0.4, 0.5) is 0 Å². The average Bonchev–Trinajstić information content (AvgIpc) is 3.13. The molecule has 2 aliphatic carbocycles. The molecule has 0 saturated heterocycles. The Morgan fingerprint density at radius 1 is 1.15 bits per heavy atom. The first-order valence-corrected chi connectivity index (χ1v) is 15.7. The number of fused-ring (bicyclic) bond motifs is 1. The number of Topliss-reactive ketones (excluding diaryl/α,β-unsaturated/α-hetero) is 1. The Morgan fingerprint density at radius 2 is 1.76 bits per heavy atom. The molecule has 0 spiro atoms. The third kappa shape index (κ3) is 9.24. The van der Waals surface area contributed by atoms with Gasteiger partial charge in [-0.05, 0) is 100 Å². The maximum Gasteiger partial charge on any atom is 0.320 e. The van der Waals surface area contributed by atoms with Gasteiger partial charge in [-0.15, -0.1) is 0 Å². The summed E-state index contributed by atoms with van der Waals surface area (Å²) in [5.74, 6) is -0.0125. The van der Waals surface area contributed by atoms with E-state index in [9.17, 15) is 22.8 Å². The van der Waals surface area contributed by atoms with E-state index in [4.69, 9.17) is 15.0 Å². The number of carbonyl (C=O) groups is 3. The number of likely N-dealkylation sites (N-methyl/N-ethyl adjacent to an activating group) is 1. The van der Waals surface area contributed by atoms with Crippen LogP contribution in [0.15, 0.2) is 24.4 Å². The minimum absolute atomic E-state index is 0.0362. The predicted octanol–water partition coefficient (Wildman–Crippen LogP) is 3.75. The van der Waals surface area contributed by atoms with Crippen molar-refractivity contribution in [2.24, 2.45) is 17.1 Å². The summed E-state index contributed by atoms with van der Waals surface area (Å²) < 4.78 is 33.6. The van der Waals surface area contributed by atoms with Crippen molar-refractivity contribution in [1.29, 1.82) is 0 Å². The number of ether oxygens (including phenoxy) is 1. The fourth-order valence-corrected chi connectivity index (χ4v) is 5.89. The van der Waals surface area contributed by atoms with Crippen molar-refractivity contribution in [3.05, 3.63) is 52.3 Å². The zero-order chi connectivity index (χ0) is 30.7. The fourth-order valence-electron chi connectivity index (χ4n) is 5.89. The van der Waals surface area contributed by atoms with Crippen LogP contribution >= 0.6 is 0 Å². The number of hydrogen-bond acceptors (Lipinski definition) is 7. The van der Waals surface area contributed by atoms with Gasteiger partial charge in [0.15, 0.2) is 5.78 Å². The molecule has 1 saturated carbocycles. The molecule has 0 bridgehead atoms. The molecule has 10 nitrogen and oxygen atoms in total. The summed E-state index contributed by atoms with van der Waals surface area (Å²) in [6.45, 7) is 6.56. The lowest BCUT2D eigenvalue weighted by Gasteiger charge is -2.30. The van der Waals surface area contributed by atoms with Crippen molar-refractivity contribution in [3.63, 3.8) is 0 Å². The van der Waals surface area contributed by atoms with Crippen LogP contribution in [0, 0.1) is 18.3 Å². The zero-order valence-corrected chi connectivity index (χ0v) is 25.7. The summed E-state index contributed by atoms with van der Waals surface area (Å²) in [5.41, 5.74) is 11.0. The van der Waals surface area contributed by atoms with Crippen LogP contribution in [0.2, 0.25) is 0 Å². The molecular weight excluding hydrogens is 546 g/mol. The molecule has 0 aliphatic heterocycles. The van der Waals surface area contributed by atoms with Crippen LogP contribution in [0.1, 0.15) is 83.5 Å². The van der Waals surface area contributed by atoms with Gasteiger partial charge in [0, 0.05) is 35.1 Å². The van der Waals surface area contributed by atoms with Crippen LogP contribution in [0.5, 0.6) is 0 Å². The van der Waals surface area contributed by atoms with E-state index < -0.39 is 16.0 Å². The number of hydrogen-bond donors (Lipinski definition) is 2. The Kier molecular flexibility index (Phi) is 10.2. The number of ketones is 1. The van der Waals surface area contributed by atoms with Crippen LogP contribution in [-0.2, 0) is 32.5 Å². The van der Waals surface area contributed by atoms with Crippen molar-refractivity contribution in [1.82, 2.24) is 9.47 Å². The number of rotatable bonds is 7. The zero-order valence-electron chi connectivity index (χ0n) is 24.9. The molecule has 1 aromatic carbocycles. The third-order valence-electron chi connectivity index (χ3n) is 7.54. The molecule has 4 rings (SSSR count). The van der Waals surface area contributed by atoms with E-state index in [0.717, 1.165) is 66.6 Å². The first-order chi connectivity index (χ1) is 18.9. The van der Waals surface area contributed by atoms with Gasteiger partial charge >= 0.3 is 5.97 Å². The lowest BCUT2D eigenvalue weighted by atomic mass is 9.75. The number of nitrogens with zero attached hydrogens (tertiary/aromatic N) is 2. The van der Waals surface area contributed by atoms with Gasteiger partial charge in [-0.2, -0.15) is 8.42 Å². The van der Waals surface area contributed by atoms with E-state index >= 15 is 0 Å². The van der Waals surface area contributed by atoms with Gasteiger partial charge in [0.1, 0.15) is 6.10 Å². The van der Waals surface area contributed by atoms with Crippen molar-refractivity contribution < 1.29 is 32.1 Å². The van der Waals surface area contributed by atoms with Crippen LogP contribution < -0.4 is 5.73 Å². The number of aryl methyl sites for hydroxylation is 1. The fraction of sp³-hybridized carbons (Fsp3) is 0.567. The summed E-state index contributed by atoms with van der Waals surface area (Å²) >= 11 is 0. The highest BCUT2D eigenvalue weighted by molar-refractivity contribution is 7.85. The molecule has 0 radical (unpaired) electrons. The SMILES string of the molecule is CS(=O)(=O)O.Cc1cn(-c2ccc(C(N)=O)c(CC3CCC(OC(=O)CN(C)C)CC3)c2)c2c1C(=O)CC(C)(C)C2. The molecule has 1 aromatic heterocycles. The van der Waals surface area contributed by atoms with Gasteiger partial charge in [0.2, 0.25) is 5.91 Å². The van der Waals surface area contributed by atoms with Gasteiger partial charge in [0.05, 0.1) is 12.8 Å². The molecule has 2 aliphatic rings. The largest absolute Gasteiger partial charge is 0.461 e. The molecule has 3 N–H and O–H groups in total. The summed E-state index contributed by atoms with van der Waals surface area (Å²) in [5, 5.41) is 0. The predicted molar refractivity (Wildman–Crippen MR) is 157 cm³/mol. The monoisotopic (exact) mass is 589 g/mol. The van der Waals surface area contributed by atoms with Crippen molar-refractivity contribution in [2.75, 3.05) is 26.9 Å². The molecule has 41 heavy (non-hydrogen) atoms. The summed E-state index contributed by atoms with van der Waals surface area (Å²) in [6.07, 6.45) is 8.38. The topological polar surface area (TPSA) is 149 Å². The van der Waals surface area contributed by atoms with Crippen molar-refractivity contribution >= 4 is 27.8 Å². The second-order valence-electron chi connectivity index (χ2n) is 12.5. The quantitative estimate of drug-likeness (QED) is 0.366. The first-order valence-electron chi connectivity index (χ1n) is 13.9. The van der Waals surface area contributed by atoms with E-state index in [1.165, 1.54) is 0 Å². The number of aromatic nitrogens is 1. The Hall–Kier alpha value is -3.02. The van der Waals surface area contributed by atoms with E-state index in [1.54, 1.807) is 0 Å². The molecule has 0 unspecified atom stereocenters. The molecule has 1 fully saturated rings. The maximum absolute atomic E-state index is 12.9. The molecule has 1 heterocycles. The Morgan fingerprint density at radius 3 is 2.32 bits per heavy atom. The smallest absolute Gasteiger partial charge is 0.320 e. The number of benzene rings is 1. The summed E-state index contributed by atoms with van der Waals surface area (Å²) in [7, 11) is 0.0401. The van der Waals surface area contributed by atoms with Gasteiger partial charge in [-0.25, -0.2) is 0 Å². The second-order valence-corrected chi connectivity index (χ2v) is 13.9. The molecule has 11 heteroatoms. The van der Waals surface area contributed by atoms with E-state index in [2.05, 4.69) is 24.5 Å². The Bertz CT molecular complexity index is 1390. The number of amides is 1. The highest BCUT2D eigenvalue weighted by Crippen LogP contribution is 2.38. The Balaban J connectivity index is 0.000000850. The molecule has 0 atom stereocenters. The number of carbonyl (C=O) groups excluding carboxylic acids is 3. The third-order valence-corrected chi connectivity index (χ3v) is 7.54. The van der Waals surface area contributed by atoms with Gasteiger partial charge in [0.25, 0.3) is 10.1 Å². The molecule has 2 aromatic rings. The molecule has 226 valence electrons. The minimum Gasteiger partial charge on any atom is -0.461 e. The van der Waals surface area contributed by atoms with Crippen LogP contribution in [0.3, 0.4) is 0 Å². The van der Waals surface area contributed by atoms with Crippen molar-refractivity contribution in [2.45, 2.75) is 71.8 Å². The highest BCUT2D eigenvalue weighted by atomic mass is 32.2. The van der Waals surface area contributed by atoms with E-state index in [0.29, 0.717) is 30.7 Å². The summed E-state index contributed by atoms with van der Waals surface area (Å²) in [6, 6.07) is 5.81. The average molecular weight is 590 g/mol. The van der Waals surface area contributed by atoms with Crippen LogP contribution in [0.25, 0.3) is 5.69 Å². The molecule has 1 amide bonds. The lowest BCUT2D eigenvalue weighted by Crippen LogP contribution is -2.30. The number of nitrogens with two attached hydrogens (primary N) is 1. The van der Waals surface area contributed by atoms with Gasteiger partial charge < -0.3 is 15.0 Å².